The lowest BCUT2D eigenvalue weighted by Gasteiger charge is -2.16. The average molecular weight is 299 g/mol. The SMILES string of the molecule is ClC(c1ccccc1)c1ccc(C2CCCCCC2)cc1. The first kappa shape index (κ1) is 14.7. The molecular formula is C20H23Cl. The second-order valence-corrected chi connectivity index (χ2v) is 6.56. The van der Waals surface area contributed by atoms with Gasteiger partial charge in [0.05, 0.1) is 5.38 Å². The maximum absolute atomic E-state index is 6.60. The molecule has 0 radical (unpaired) electrons. The maximum Gasteiger partial charge on any atom is 0.0835 e. The van der Waals surface area contributed by atoms with Gasteiger partial charge in [-0.15, -0.1) is 11.6 Å². The Labute approximate surface area is 133 Å². The molecule has 0 aromatic heterocycles. The summed E-state index contributed by atoms with van der Waals surface area (Å²) in [6.07, 6.45) is 8.28. The molecule has 0 bridgehead atoms. The number of halogens is 1. The van der Waals surface area contributed by atoms with Crippen molar-refractivity contribution in [2.45, 2.75) is 49.8 Å². The number of hydrogen-bond acceptors (Lipinski definition) is 0. The molecule has 0 heterocycles. The van der Waals surface area contributed by atoms with Gasteiger partial charge in [0.2, 0.25) is 0 Å². The number of alkyl halides is 1. The lowest BCUT2D eigenvalue weighted by Crippen LogP contribution is -1.98. The van der Waals surface area contributed by atoms with Crippen molar-refractivity contribution in [2.24, 2.45) is 0 Å². The van der Waals surface area contributed by atoms with Gasteiger partial charge in [0.25, 0.3) is 0 Å². The fourth-order valence-electron chi connectivity index (χ4n) is 3.36. The summed E-state index contributed by atoms with van der Waals surface area (Å²) in [6, 6.07) is 19.3. The summed E-state index contributed by atoms with van der Waals surface area (Å²) in [5.74, 6) is 0.757. The Morgan fingerprint density at radius 1 is 0.714 bits per heavy atom. The quantitative estimate of drug-likeness (QED) is 0.451. The van der Waals surface area contributed by atoms with E-state index in [1.54, 1.807) is 0 Å². The van der Waals surface area contributed by atoms with Crippen molar-refractivity contribution < 1.29 is 0 Å². The van der Waals surface area contributed by atoms with Gasteiger partial charge < -0.3 is 0 Å². The largest absolute Gasteiger partial charge is 0.113 e. The third kappa shape index (κ3) is 3.68. The van der Waals surface area contributed by atoms with Crippen molar-refractivity contribution in [1.82, 2.24) is 0 Å². The normalized spacial score (nSPS) is 18.1. The minimum atomic E-state index is -0.0469. The Kier molecular flexibility index (Phi) is 4.98. The van der Waals surface area contributed by atoms with E-state index in [2.05, 4.69) is 36.4 Å². The molecule has 21 heavy (non-hydrogen) atoms. The van der Waals surface area contributed by atoms with Crippen LogP contribution in [0.2, 0.25) is 0 Å². The summed E-state index contributed by atoms with van der Waals surface area (Å²) in [5, 5.41) is -0.0469. The minimum absolute atomic E-state index is 0.0469. The molecule has 110 valence electrons. The summed E-state index contributed by atoms with van der Waals surface area (Å²) < 4.78 is 0. The molecule has 1 unspecified atom stereocenters. The van der Waals surface area contributed by atoms with E-state index in [4.69, 9.17) is 11.6 Å². The Morgan fingerprint density at radius 2 is 1.29 bits per heavy atom. The average Bonchev–Trinajstić information content (AvgIpc) is 2.84. The van der Waals surface area contributed by atoms with Crippen molar-refractivity contribution in [2.75, 3.05) is 0 Å². The standard InChI is InChI=1S/C20H23Cl/c21-20(18-10-6-3-7-11-18)19-14-12-17(13-15-19)16-8-4-1-2-5-9-16/h3,6-7,10-16,20H,1-2,4-5,8-9H2. The highest BCUT2D eigenvalue weighted by atomic mass is 35.5. The van der Waals surface area contributed by atoms with E-state index >= 15 is 0 Å². The number of hydrogen-bond donors (Lipinski definition) is 0. The maximum atomic E-state index is 6.60. The third-order valence-corrected chi connectivity index (χ3v) is 5.15. The van der Waals surface area contributed by atoms with E-state index in [9.17, 15) is 0 Å². The molecule has 1 atom stereocenters. The van der Waals surface area contributed by atoms with Crippen LogP contribution in [0.3, 0.4) is 0 Å². The Bertz CT molecular complexity index is 536. The van der Waals surface area contributed by atoms with Crippen molar-refractivity contribution in [3.05, 3.63) is 71.3 Å². The van der Waals surface area contributed by atoms with Crippen LogP contribution in [-0.4, -0.2) is 0 Å². The van der Waals surface area contributed by atoms with E-state index in [1.807, 2.05) is 18.2 Å². The minimum Gasteiger partial charge on any atom is -0.113 e. The predicted molar refractivity (Wildman–Crippen MR) is 91.0 cm³/mol. The van der Waals surface area contributed by atoms with E-state index in [-0.39, 0.29) is 5.38 Å². The topological polar surface area (TPSA) is 0 Å². The highest BCUT2D eigenvalue weighted by molar-refractivity contribution is 6.22. The highest BCUT2D eigenvalue weighted by Crippen LogP contribution is 2.34. The summed E-state index contributed by atoms with van der Waals surface area (Å²) in [7, 11) is 0. The molecule has 2 aromatic carbocycles. The van der Waals surface area contributed by atoms with Crippen LogP contribution in [-0.2, 0) is 0 Å². The van der Waals surface area contributed by atoms with Crippen molar-refractivity contribution >= 4 is 11.6 Å². The molecule has 0 nitrogen and oxygen atoms in total. The van der Waals surface area contributed by atoms with Crippen molar-refractivity contribution in [1.29, 1.82) is 0 Å². The van der Waals surface area contributed by atoms with Gasteiger partial charge in [-0.1, -0.05) is 80.3 Å². The molecule has 1 fully saturated rings. The van der Waals surface area contributed by atoms with Crippen LogP contribution >= 0.6 is 11.6 Å². The van der Waals surface area contributed by atoms with Gasteiger partial charge in [-0.3, -0.25) is 0 Å². The van der Waals surface area contributed by atoms with E-state index < -0.39 is 0 Å². The lowest BCUT2D eigenvalue weighted by atomic mass is 9.90. The first-order valence-electron chi connectivity index (χ1n) is 8.13. The van der Waals surface area contributed by atoms with Crippen LogP contribution in [0.5, 0.6) is 0 Å². The van der Waals surface area contributed by atoms with E-state index in [1.165, 1.54) is 55.2 Å². The van der Waals surface area contributed by atoms with E-state index in [0.717, 1.165) is 5.92 Å². The summed E-state index contributed by atoms with van der Waals surface area (Å²) in [4.78, 5) is 0. The molecule has 1 saturated carbocycles. The van der Waals surface area contributed by atoms with Gasteiger partial charge in [-0.2, -0.15) is 0 Å². The fourth-order valence-corrected chi connectivity index (χ4v) is 3.66. The number of benzene rings is 2. The molecule has 0 amide bonds. The van der Waals surface area contributed by atoms with Crippen LogP contribution in [0.4, 0.5) is 0 Å². The molecular weight excluding hydrogens is 276 g/mol. The van der Waals surface area contributed by atoms with Crippen LogP contribution in [0.1, 0.15) is 66.5 Å². The Hall–Kier alpha value is -1.27. The lowest BCUT2D eigenvalue weighted by molar-refractivity contribution is 0.592. The van der Waals surface area contributed by atoms with Gasteiger partial charge in [0.15, 0.2) is 0 Å². The summed E-state index contributed by atoms with van der Waals surface area (Å²) in [5.41, 5.74) is 3.86. The van der Waals surface area contributed by atoms with Crippen LogP contribution in [0.25, 0.3) is 0 Å². The molecule has 2 aromatic rings. The second-order valence-electron chi connectivity index (χ2n) is 6.13. The van der Waals surface area contributed by atoms with Crippen LogP contribution in [0.15, 0.2) is 54.6 Å². The molecule has 0 saturated heterocycles. The van der Waals surface area contributed by atoms with Gasteiger partial charge in [-0.05, 0) is 35.4 Å². The highest BCUT2D eigenvalue weighted by Gasteiger charge is 2.15. The predicted octanol–water partition coefficient (Wildman–Crippen LogP) is 6.45. The fraction of sp³-hybridized carbons (Fsp3) is 0.400. The van der Waals surface area contributed by atoms with Gasteiger partial charge >= 0.3 is 0 Å². The molecule has 0 N–H and O–H groups in total. The first-order chi connectivity index (χ1) is 10.3. The molecule has 1 aliphatic rings. The van der Waals surface area contributed by atoms with Gasteiger partial charge in [0.1, 0.15) is 0 Å². The van der Waals surface area contributed by atoms with Crippen molar-refractivity contribution in [3.8, 4) is 0 Å². The Balaban J connectivity index is 1.74. The zero-order chi connectivity index (χ0) is 14.5. The Morgan fingerprint density at radius 3 is 1.90 bits per heavy atom. The van der Waals surface area contributed by atoms with Gasteiger partial charge in [0, 0.05) is 0 Å². The zero-order valence-corrected chi connectivity index (χ0v) is 13.2. The molecule has 0 spiro atoms. The van der Waals surface area contributed by atoms with E-state index in [0.29, 0.717) is 0 Å². The summed E-state index contributed by atoms with van der Waals surface area (Å²) >= 11 is 6.60. The second kappa shape index (κ2) is 7.13. The third-order valence-electron chi connectivity index (χ3n) is 4.65. The molecule has 1 aliphatic carbocycles. The molecule has 1 heteroatoms. The zero-order valence-electron chi connectivity index (χ0n) is 12.5. The monoisotopic (exact) mass is 298 g/mol. The first-order valence-corrected chi connectivity index (χ1v) is 8.57. The molecule has 3 rings (SSSR count). The van der Waals surface area contributed by atoms with Crippen molar-refractivity contribution in [3.63, 3.8) is 0 Å². The number of rotatable bonds is 3. The molecule has 0 aliphatic heterocycles. The summed E-state index contributed by atoms with van der Waals surface area (Å²) in [6.45, 7) is 0. The van der Waals surface area contributed by atoms with Crippen LogP contribution in [0, 0.1) is 0 Å². The van der Waals surface area contributed by atoms with Crippen LogP contribution < -0.4 is 0 Å². The smallest absolute Gasteiger partial charge is 0.0835 e. The van der Waals surface area contributed by atoms with Gasteiger partial charge in [-0.25, -0.2) is 0 Å².